The minimum absolute atomic E-state index is 0.101. The van der Waals surface area contributed by atoms with Gasteiger partial charge in [-0.3, -0.25) is 9.59 Å². The van der Waals surface area contributed by atoms with E-state index in [1.165, 1.54) is 0 Å². The Labute approximate surface area is 161 Å². The molecule has 6 heteroatoms. The SMILES string of the molecule is CCC(CC)C(=O)N1CCN(C(=O)Cc2cc3c(cc2C)OCCO3)CC1. The molecule has 0 bridgehead atoms. The number of piperazine rings is 1. The van der Waals surface area contributed by atoms with E-state index in [1.54, 1.807) is 0 Å². The second-order valence-corrected chi connectivity index (χ2v) is 7.32. The van der Waals surface area contributed by atoms with E-state index in [-0.39, 0.29) is 17.7 Å². The molecule has 1 aromatic carbocycles. The van der Waals surface area contributed by atoms with Crippen LogP contribution in [0.15, 0.2) is 12.1 Å². The second-order valence-electron chi connectivity index (χ2n) is 7.32. The highest BCUT2D eigenvalue weighted by molar-refractivity contribution is 5.81. The first-order valence-corrected chi connectivity index (χ1v) is 9.99. The lowest BCUT2D eigenvalue weighted by Gasteiger charge is -2.36. The van der Waals surface area contributed by atoms with Gasteiger partial charge in [0.05, 0.1) is 6.42 Å². The van der Waals surface area contributed by atoms with E-state index in [4.69, 9.17) is 9.47 Å². The Bertz CT molecular complexity index is 692. The summed E-state index contributed by atoms with van der Waals surface area (Å²) in [5.74, 6) is 1.91. The molecule has 0 unspecified atom stereocenters. The molecule has 2 amide bonds. The Morgan fingerprint density at radius 3 is 2.11 bits per heavy atom. The summed E-state index contributed by atoms with van der Waals surface area (Å²) in [7, 11) is 0. The predicted octanol–water partition coefficient (Wildman–Crippen LogP) is 2.42. The van der Waals surface area contributed by atoms with Crippen molar-refractivity contribution in [1.29, 1.82) is 0 Å². The summed E-state index contributed by atoms with van der Waals surface area (Å²) in [6.07, 6.45) is 2.10. The number of aryl methyl sites for hydroxylation is 1. The predicted molar refractivity (Wildman–Crippen MR) is 103 cm³/mol. The molecular formula is C21H30N2O4. The first-order valence-electron chi connectivity index (χ1n) is 9.99. The molecular weight excluding hydrogens is 344 g/mol. The van der Waals surface area contributed by atoms with Gasteiger partial charge >= 0.3 is 0 Å². The van der Waals surface area contributed by atoms with Crippen molar-refractivity contribution in [2.45, 2.75) is 40.0 Å². The second kappa shape index (κ2) is 8.63. The minimum Gasteiger partial charge on any atom is -0.486 e. The van der Waals surface area contributed by atoms with Gasteiger partial charge in [-0.1, -0.05) is 13.8 Å². The highest BCUT2D eigenvalue weighted by Crippen LogP contribution is 2.33. The molecule has 0 N–H and O–H groups in total. The van der Waals surface area contributed by atoms with Crippen LogP contribution in [0.2, 0.25) is 0 Å². The van der Waals surface area contributed by atoms with Gasteiger partial charge in [0, 0.05) is 32.1 Å². The van der Waals surface area contributed by atoms with Gasteiger partial charge < -0.3 is 19.3 Å². The zero-order valence-corrected chi connectivity index (χ0v) is 16.6. The lowest BCUT2D eigenvalue weighted by molar-refractivity contribution is -0.142. The fourth-order valence-electron chi connectivity index (χ4n) is 3.77. The largest absolute Gasteiger partial charge is 0.486 e. The van der Waals surface area contributed by atoms with Gasteiger partial charge in [0.1, 0.15) is 13.2 Å². The Kier molecular flexibility index (Phi) is 6.24. The van der Waals surface area contributed by atoms with E-state index in [1.807, 2.05) is 28.9 Å². The fourth-order valence-corrected chi connectivity index (χ4v) is 3.77. The molecule has 0 aromatic heterocycles. The molecule has 148 valence electrons. The zero-order chi connectivity index (χ0) is 19.4. The normalized spacial score (nSPS) is 16.6. The molecule has 6 nitrogen and oxygen atoms in total. The van der Waals surface area contributed by atoms with Crippen LogP contribution in [-0.2, 0) is 16.0 Å². The Balaban J connectivity index is 1.58. The van der Waals surface area contributed by atoms with Crippen LogP contribution in [0.4, 0.5) is 0 Å². The summed E-state index contributed by atoms with van der Waals surface area (Å²) < 4.78 is 11.2. The van der Waals surface area contributed by atoms with Crippen LogP contribution in [0.3, 0.4) is 0 Å². The monoisotopic (exact) mass is 374 g/mol. The quantitative estimate of drug-likeness (QED) is 0.794. The summed E-state index contributed by atoms with van der Waals surface area (Å²) in [6.45, 7) is 9.67. The van der Waals surface area contributed by atoms with E-state index in [0.717, 1.165) is 35.5 Å². The topological polar surface area (TPSA) is 59.1 Å². The summed E-state index contributed by atoms with van der Waals surface area (Å²) in [6, 6.07) is 3.87. The molecule has 0 aliphatic carbocycles. The maximum absolute atomic E-state index is 12.8. The number of benzene rings is 1. The number of amides is 2. The van der Waals surface area contributed by atoms with E-state index >= 15 is 0 Å². The molecule has 1 saturated heterocycles. The third kappa shape index (κ3) is 4.37. The maximum atomic E-state index is 12.8. The standard InChI is InChI=1S/C21H30N2O4/c1-4-16(5-2)21(25)23-8-6-22(7-9-23)20(24)14-17-13-19-18(12-15(17)3)26-10-11-27-19/h12-13,16H,4-11,14H2,1-3H3. The average Bonchev–Trinajstić information content (AvgIpc) is 2.69. The van der Waals surface area contributed by atoms with Crippen LogP contribution in [-0.4, -0.2) is 61.0 Å². The molecule has 1 aromatic rings. The molecule has 0 atom stereocenters. The Hall–Kier alpha value is -2.24. The third-order valence-electron chi connectivity index (χ3n) is 5.62. The van der Waals surface area contributed by atoms with Crippen LogP contribution < -0.4 is 9.47 Å². The van der Waals surface area contributed by atoms with Crippen molar-refractivity contribution in [1.82, 2.24) is 9.80 Å². The van der Waals surface area contributed by atoms with Crippen LogP contribution in [0.5, 0.6) is 11.5 Å². The first kappa shape index (κ1) is 19.5. The number of hydrogen-bond acceptors (Lipinski definition) is 4. The zero-order valence-electron chi connectivity index (χ0n) is 16.6. The van der Waals surface area contributed by atoms with Crippen molar-refractivity contribution >= 4 is 11.8 Å². The van der Waals surface area contributed by atoms with Crippen molar-refractivity contribution in [2.75, 3.05) is 39.4 Å². The van der Waals surface area contributed by atoms with Crippen molar-refractivity contribution < 1.29 is 19.1 Å². The molecule has 0 saturated carbocycles. The molecule has 1 fully saturated rings. The number of carbonyl (C=O) groups excluding carboxylic acids is 2. The van der Waals surface area contributed by atoms with Gasteiger partial charge in [-0.2, -0.15) is 0 Å². The third-order valence-corrected chi connectivity index (χ3v) is 5.62. The number of ether oxygens (including phenoxy) is 2. The van der Waals surface area contributed by atoms with Gasteiger partial charge in [0.15, 0.2) is 11.5 Å². The maximum Gasteiger partial charge on any atom is 0.227 e. The molecule has 27 heavy (non-hydrogen) atoms. The highest BCUT2D eigenvalue weighted by Gasteiger charge is 2.27. The molecule has 2 aliphatic heterocycles. The minimum atomic E-state index is 0.101. The number of nitrogens with zero attached hydrogens (tertiary/aromatic N) is 2. The lowest BCUT2D eigenvalue weighted by atomic mass is 10.0. The number of fused-ring (bicyclic) bond motifs is 1. The molecule has 0 spiro atoms. The van der Waals surface area contributed by atoms with Crippen LogP contribution in [0, 0.1) is 12.8 Å². The summed E-state index contributed by atoms with van der Waals surface area (Å²) in [5, 5.41) is 0. The van der Waals surface area contributed by atoms with Gasteiger partial charge in [0.2, 0.25) is 11.8 Å². The van der Waals surface area contributed by atoms with Crippen molar-refractivity contribution in [3.8, 4) is 11.5 Å². The van der Waals surface area contributed by atoms with E-state index in [0.29, 0.717) is 45.8 Å². The molecule has 2 aliphatic rings. The van der Waals surface area contributed by atoms with Crippen molar-refractivity contribution in [2.24, 2.45) is 5.92 Å². The molecule has 3 rings (SSSR count). The van der Waals surface area contributed by atoms with Crippen LogP contribution >= 0.6 is 0 Å². The summed E-state index contributed by atoms with van der Waals surface area (Å²) >= 11 is 0. The van der Waals surface area contributed by atoms with Crippen LogP contribution in [0.1, 0.15) is 37.8 Å². The first-order chi connectivity index (χ1) is 13.0. The fraction of sp³-hybridized carbons (Fsp3) is 0.619. The Morgan fingerprint density at radius 1 is 0.963 bits per heavy atom. The molecule has 2 heterocycles. The van der Waals surface area contributed by atoms with E-state index in [2.05, 4.69) is 13.8 Å². The van der Waals surface area contributed by atoms with Crippen molar-refractivity contribution in [3.63, 3.8) is 0 Å². The van der Waals surface area contributed by atoms with Gasteiger partial charge in [0.25, 0.3) is 0 Å². The molecule has 0 radical (unpaired) electrons. The van der Waals surface area contributed by atoms with Gasteiger partial charge in [-0.15, -0.1) is 0 Å². The Morgan fingerprint density at radius 2 is 1.52 bits per heavy atom. The van der Waals surface area contributed by atoms with Gasteiger partial charge in [-0.25, -0.2) is 0 Å². The number of hydrogen-bond donors (Lipinski definition) is 0. The average molecular weight is 374 g/mol. The van der Waals surface area contributed by atoms with Gasteiger partial charge in [-0.05, 0) is 43.0 Å². The highest BCUT2D eigenvalue weighted by atomic mass is 16.6. The smallest absolute Gasteiger partial charge is 0.227 e. The lowest BCUT2D eigenvalue weighted by Crippen LogP contribution is -2.52. The van der Waals surface area contributed by atoms with E-state index < -0.39 is 0 Å². The number of rotatable bonds is 5. The summed E-state index contributed by atoms with van der Waals surface area (Å²) in [4.78, 5) is 29.0. The number of carbonyl (C=O) groups is 2. The van der Waals surface area contributed by atoms with E-state index in [9.17, 15) is 9.59 Å². The van der Waals surface area contributed by atoms with Crippen molar-refractivity contribution in [3.05, 3.63) is 23.3 Å². The summed E-state index contributed by atoms with van der Waals surface area (Å²) in [5.41, 5.74) is 2.01. The van der Waals surface area contributed by atoms with Crippen LogP contribution in [0.25, 0.3) is 0 Å².